The second-order valence-electron chi connectivity index (χ2n) is 11.2. The topological polar surface area (TPSA) is 61.6 Å². The lowest BCUT2D eigenvalue weighted by Crippen LogP contribution is -2.44. The number of fused-ring (bicyclic) bond motifs is 3. The van der Waals surface area contributed by atoms with Crippen molar-refractivity contribution in [1.29, 1.82) is 0 Å². The molecule has 2 saturated heterocycles. The Kier molecular flexibility index (Phi) is 6.63. The number of rotatable bonds is 6. The van der Waals surface area contributed by atoms with Crippen LogP contribution in [0.4, 0.5) is 0 Å². The Morgan fingerprint density at radius 3 is 2.49 bits per heavy atom. The smallest absolute Gasteiger partial charge is 0.222 e. The molecule has 3 aliphatic rings. The van der Waals surface area contributed by atoms with E-state index in [0.717, 1.165) is 69.8 Å². The molecule has 1 atom stereocenters. The number of aliphatic hydroxyl groups excluding tert-OH is 1. The number of nitrogens with zero attached hydrogens (tertiary/aromatic N) is 4. The highest BCUT2D eigenvalue weighted by Gasteiger charge is 2.45. The number of likely N-dealkylation sites (tertiary alicyclic amines) is 2. The molecule has 1 unspecified atom stereocenters. The summed E-state index contributed by atoms with van der Waals surface area (Å²) in [5.41, 5.74) is 4.41. The van der Waals surface area contributed by atoms with Gasteiger partial charge in [-0.25, -0.2) is 4.98 Å². The maximum absolute atomic E-state index is 13.5. The molecule has 1 amide bonds. The van der Waals surface area contributed by atoms with E-state index in [1.54, 1.807) is 0 Å². The number of carbonyl (C=O) groups excluding carboxylic acids is 1. The zero-order valence-electron chi connectivity index (χ0n) is 21.9. The molecule has 2 fully saturated rings. The number of aliphatic hydroxyl groups is 1. The summed E-state index contributed by atoms with van der Waals surface area (Å²) in [5.74, 6) is 1.89. The van der Waals surface area contributed by atoms with Crippen molar-refractivity contribution in [2.45, 2.75) is 57.1 Å². The lowest BCUT2D eigenvalue weighted by atomic mass is 9.79. The molecule has 0 aliphatic carbocycles. The molecule has 4 heterocycles. The zero-order valence-corrected chi connectivity index (χ0v) is 21.9. The van der Waals surface area contributed by atoms with Crippen molar-refractivity contribution < 1.29 is 9.90 Å². The minimum Gasteiger partial charge on any atom is -0.393 e. The van der Waals surface area contributed by atoms with Gasteiger partial charge in [0.1, 0.15) is 5.82 Å². The van der Waals surface area contributed by atoms with Gasteiger partial charge >= 0.3 is 0 Å². The fraction of sp³-hybridized carbons (Fsp3) is 0.484. The van der Waals surface area contributed by atoms with E-state index in [9.17, 15) is 9.90 Å². The van der Waals surface area contributed by atoms with E-state index in [4.69, 9.17) is 4.98 Å². The lowest BCUT2D eigenvalue weighted by molar-refractivity contribution is -0.133. The molecule has 6 rings (SSSR count). The third-order valence-corrected chi connectivity index (χ3v) is 8.94. The highest BCUT2D eigenvalue weighted by molar-refractivity contribution is 5.77. The monoisotopic (exact) mass is 498 g/mol. The SMILES string of the molecule is Cc1ccc(C2(CCC(=O)N3CCC(CN4CCC(O)CC4)CC3)c3ccccc3-c3nccn32)cc1. The summed E-state index contributed by atoms with van der Waals surface area (Å²) in [6.45, 7) is 6.92. The quantitative estimate of drug-likeness (QED) is 0.546. The van der Waals surface area contributed by atoms with Crippen LogP contribution in [-0.2, 0) is 10.3 Å². The molecule has 2 aromatic carbocycles. The fourth-order valence-electron chi connectivity index (χ4n) is 6.78. The van der Waals surface area contributed by atoms with Gasteiger partial charge in [0.25, 0.3) is 0 Å². The van der Waals surface area contributed by atoms with Crippen LogP contribution in [0.1, 0.15) is 55.2 Å². The Morgan fingerprint density at radius 2 is 1.73 bits per heavy atom. The Balaban J connectivity index is 1.17. The number of imidazole rings is 1. The largest absolute Gasteiger partial charge is 0.393 e. The van der Waals surface area contributed by atoms with Crippen molar-refractivity contribution in [2.24, 2.45) is 5.92 Å². The summed E-state index contributed by atoms with van der Waals surface area (Å²) in [6, 6.07) is 17.3. The van der Waals surface area contributed by atoms with E-state index in [1.807, 2.05) is 6.20 Å². The molecular weight excluding hydrogens is 460 g/mol. The summed E-state index contributed by atoms with van der Waals surface area (Å²) in [5, 5.41) is 9.78. The molecule has 6 nitrogen and oxygen atoms in total. The normalized spacial score (nSPS) is 22.7. The van der Waals surface area contributed by atoms with Gasteiger partial charge in [0.05, 0.1) is 11.6 Å². The molecule has 1 N–H and O–H groups in total. The molecule has 0 bridgehead atoms. The van der Waals surface area contributed by atoms with Gasteiger partial charge < -0.3 is 19.5 Å². The highest BCUT2D eigenvalue weighted by atomic mass is 16.3. The number of piperidine rings is 2. The van der Waals surface area contributed by atoms with Crippen molar-refractivity contribution in [3.05, 3.63) is 77.6 Å². The molecule has 3 aliphatic heterocycles. The second kappa shape index (κ2) is 10.1. The maximum atomic E-state index is 13.5. The van der Waals surface area contributed by atoms with Crippen LogP contribution in [0.25, 0.3) is 11.4 Å². The van der Waals surface area contributed by atoms with Gasteiger partial charge in [-0.05, 0) is 56.1 Å². The number of aromatic nitrogens is 2. The molecule has 6 heteroatoms. The fourth-order valence-corrected chi connectivity index (χ4v) is 6.78. The molecular formula is C31H38N4O2. The van der Waals surface area contributed by atoms with Gasteiger partial charge in [0.2, 0.25) is 5.91 Å². The molecule has 0 radical (unpaired) electrons. The standard InChI is InChI=1S/C31H38N4O2/c1-23-6-8-25(9-7-23)31(28-5-3-2-4-27(28)30-32-16-21-35(30)31)15-10-29(37)34-19-11-24(12-20-34)22-33-17-13-26(36)14-18-33/h2-9,16,21,24,26,36H,10-15,17-20,22H2,1H3. The van der Waals surface area contributed by atoms with Crippen LogP contribution in [0.3, 0.4) is 0 Å². The number of hydrogen-bond acceptors (Lipinski definition) is 4. The van der Waals surface area contributed by atoms with Crippen molar-refractivity contribution in [3.8, 4) is 11.4 Å². The summed E-state index contributed by atoms with van der Waals surface area (Å²) in [6.07, 6.45) is 8.98. The first-order valence-corrected chi connectivity index (χ1v) is 13.9. The first-order valence-electron chi connectivity index (χ1n) is 13.9. The van der Waals surface area contributed by atoms with Crippen molar-refractivity contribution in [3.63, 3.8) is 0 Å². The Labute approximate surface area is 219 Å². The second-order valence-corrected chi connectivity index (χ2v) is 11.2. The minimum absolute atomic E-state index is 0.121. The van der Waals surface area contributed by atoms with Crippen LogP contribution in [0.5, 0.6) is 0 Å². The molecule has 1 aromatic heterocycles. The van der Waals surface area contributed by atoms with Crippen LogP contribution in [0.2, 0.25) is 0 Å². The Bertz CT molecular complexity index is 1240. The summed E-state index contributed by atoms with van der Waals surface area (Å²) >= 11 is 0. The van der Waals surface area contributed by atoms with Crippen LogP contribution >= 0.6 is 0 Å². The number of aryl methyl sites for hydroxylation is 1. The van der Waals surface area contributed by atoms with Crippen LogP contribution in [0, 0.1) is 12.8 Å². The zero-order chi connectivity index (χ0) is 25.4. The van der Waals surface area contributed by atoms with Crippen molar-refractivity contribution in [1.82, 2.24) is 19.4 Å². The summed E-state index contributed by atoms with van der Waals surface area (Å²) in [4.78, 5) is 22.8. The van der Waals surface area contributed by atoms with Crippen molar-refractivity contribution >= 4 is 5.91 Å². The maximum Gasteiger partial charge on any atom is 0.222 e. The van der Waals surface area contributed by atoms with Gasteiger partial charge in [-0.1, -0.05) is 54.1 Å². The minimum atomic E-state index is -0.428. The van der Waals surface area contributed by atoms with Gasteiger partial charge in [0.15, 0.2) is 0 Å². The van der Waals surface area contributed by atoms with E-state index < -0.39 is 5.54 Å². The first kappa shape index (κ1) is 24.4. The van der Waals surface area contributed by atoms with Crippen LogP contribution < -0.4 is 0 Å². The van der Waals surface area contributed by atoms with Gasteiger partial charge in [-0.3, -0.25) is 4.79 Å². The number of hydrogen-bond donors (Lipinski definition) is 1. The van der Waals surface area contributed by atoms with E-state index in [-0.39, 0.29) is 12.0 Å². The highest BCUT2D eigenvalue weighted by Crippen LogP contribution is 2.49. The molecule has 3 aromatic rings. The van der Waals surface area contributed by atoms with Gasteiger partial charge in [-0.2, -0.15) is 0 Å². The van der Waals surface area contributed by atoms with E-state index in [0.29, 0.717) is 18.8 Å². The van der Waals surface area contributed by atoms with E-state index >= 15 is 0 Å². The number of benzene rings is 2. The number of carbonyl (C=O) groups is 1. The van der Waals surface area contributed by atoms with Gasteiger partial charge in [0, 0.05) is 57.1 Å². The average molecular weight is 499 g/mol. The molecule has 0 spiro atoms. The molecule has 0 saturated carbocycles. The number of amides is 1. The summed E-state index contributed by atoms with van der Waals surface area (Å²) in [7, 11) is 0. The van der Waals surface area contributed by atoms with E-state index in [2.05, 4.69) is 76.0 Å². The predicted molar refractivity (Wildman–Crippen MR) is 145 cm³/mol. The third kappa shape index (κ3) is 4.51. The Morgan fingerprint density at radius 1 is 1.00 bits per heavy atom. The molecule has 194 valence electrons. The van der Waals surface area contributed by atoms with Gasteiger partial charge in [-0.15, -0.1) is 0 Å². The van der Waals surface area contributed by atoms with Crippen LogP contribution in [0.15, 0.2) is 60.9 Å². The summed E-state index contributed by atoms with van der Waals surface area (Å²) < 4.78 is 2.29. The Hall–Kier alpha value is -2.96. The van der Waals surface area contributed by atoms with Crippen LogP contribution in [-0.4, -0.2) is 69.2 Å². The predicted octanol–water partition coefficient (Wildman–Crippen LogP) is 4.44. The lowest BCUT2D eigenvalue weighted by Gasteiger charge is -2.38. The van der Waals surface area contributed by atoms with Crippen molar-refractivity contribution in [2.75, 3.05) is 32.7 Å². The van der Waals surface area contributed by atoms with E-state index in [1.165, 1.54) is 16.7 Å². The molecule has 37 heavy (non-hydrogen) atoms. The third-order valence-electron chi connectivity index (χ3n) is 8.94. The average Bonchev–Trinajstić information content (AvgIpc) is 3.51. The first-order chi connectivity index (χ1) is 18.0.